The molecule has 0 bridgehead atoms. The normalized spacial score (nSPS) is 17.4. The van der Waals surface area contributed by atoms with Gasteiger partial charge in [0.25, 0.3) is 0 Å². The third-order valence-corrected chi connectivity index (χ3v) is 3.93. The third kappa shape index (κ3) is 5.65. The van der Waals surface area contributed by atoms with E-state index in [2.05, 4.69) is 10.6 Å². The molecule has 1 heterocycles. The molecule has 1 aliphatic heterocycles. The lowest BCUT2D eigenvalue weighted by molar-refractivity contribution is -0.123. The van der Waals surface area contributed by atoms with E-state index in [4.69, 9.17) is 16.3 Å². The molecule has 4 nitrogen and oxygen atoms in total. The fourth-order valence-electron chi connectivity index (χ4n) is 2.45. The molecule has 0 aliphatic carbocycles. The van der Waals surface area contributed by atoms with Crippen molar-refractivity contribution in [2.24, 2.45) is 0 Å². The number of benzene rings is 1. The molecule has 1 amide bonds. The van der Waals surface area contributed by atoms with Gasteiger partial charge in [-0.2, -0.15) is 0 Å². The first-order chi connectivity index (χ1) is 10.1. The molecule has 1 fully saturated rings. The summed E-state index contributed by atoms with van der Waals surface area (Å²) in [5.74, 6) is 0.0106. The van der Waals surface area contributed by atoms with Gasteiger partial charge in [0, 0.05) is 11.4 Å². The molecule has 116 valence electrons. The van der Waals surface area contributed by atoms with E-state index in [0.29, 0.717) is 24.2 Å². The van der Waals surface area contributed by atoms with Gasteiger partial charge in [-0.3, -0.25) is 4.79 Å². The highest BCUT2D eigenvalue weighted by atomic mass is 35.5. The number of amides is 1. The van der Waals surface area contributed by atoms with Crippen LogP contribution in [0.5, 0.6) is 0 Å². The first-order valence-electron chi connectivity index (χ1n) is 7.52. The molecule has 0 aromatic heterocycles. The van der Waals surface area contributed by atoms with Gasteiger partial charge in [-0.05, 0) is 50.6 Å². The van der Waals surface area contributed by atoms with Crippen LogP contribution >= 0.6 is 11.6 Å². The second-order valence-corrected chi connectivity index (χ2v) is 5.85. The van der Waals surface area contributed by atoms with Gasteiger partial charge in [0.1, 0.15) is 0 Å². The van der Waals surface area contributed by atoms with Gasteiger partial charge >= 0.3 is 0 Å². The number of hydrogen-bond donors (Lipinski definition) is 2. The number of carbonyl (C=O) groups is 1. The van der Waals surface area contributed by atoms with E-state index in [1.165, 1.54) is 0 Å². The first kappa shape index (κ1) is 16.3. The van der Waals surface area contributed by atoms with E-state index < -0.39 is 0 Å². The lowest BCUT2D eigenvalue weighted by Gasteiger charge is -2.23. The molecule has 0 saturated carbocycles. The summed E-state index contributed by atoms with van der Waals surface area (Å²) < 4.78 is 5.74. The molecular formula is C16H23ClN2O2. The molecule has 0 unspecified atom stereocenters. The van der Waals surface area contributed by atoms with Crippen LogP contribution in [0.3, 0.4) is 0 Å². The summed E-state index contributed by atoms with van der Waals surface area (Å²) in [5, 5.41) is 6.95. The summed E-state index contributed by atoms with van der Waals surface area (Å²) in [7, 11) is 0. The Labute approximate surface area is 131 Å². The molecule has 1 aromatic carbocycles. The summed E-state index contributed by atoms with van der Waals surface area (Å²) in [6, 6.07) is 7.50. The van der Waals surface area contributed by atoms with Crippen LogP contribution in [0.15, 0.2) is 24.3 Å². The fourth-order valence-corrected chi connectivity index (χ4v) is 2.65. The van der Waals surface area contributed by atoms with Crippen LogP contribution in [0.2, 0.25) is 5.02 Å². The Bertz CT molecular complexity index is 461. The summed E-state index contributed by atoms with van der Waals surface area (Å²) >= 11 is 5.96. The molecule has 2 rings (SSSR count). The third-order valence-electron chi connectivity index (χ3n) is 3.70. The largest absolute Gasteiger partial charge is 0.378 e. The van der Waals surface area contributed by atoms with Gasteiger partial charge in [0.05, 0.1) is 18.8 Å². The zero-order valence-electron chi connectivity index (χ0n) is 12.4. The van der Waals surface area contributed by atoms with Gasteiger partial charge in [-0.15, -0.1) is 0 Å². The number of piperidine rings is 1. The monoisotopic (exact) mass is 310 g/mol. The van der Waals surface area contributed by atoms with E-state index in [0.717, 1.165) is 31.5 Å². The lowest BCUT2D eigenvalue weighted by Crippen LogP contribution is -2.33. The van der Waals surface area contributed by atoms with Crippen molar-refractivity contribution < 1.29 is 9.53 Å². The Morgan fingerprint density at radius 3 is 2.95 bits per heavy atom. The van der Waals surface area contributed by atoms with Crippen molar-refractivity contribution in [1.82, 2.24) is 10.6 Å². The van der Waals surface area contributed by atoms with Crippen LogP contribution in [0.25, 0.3) is 0 Å². The molecule has 1 aliphatic rings. The molecule has 0 spiro atoms. The van der Waals surface area contributed by atoms with Crippen LogP contribution in [0.4, 0.5) is 0 Å². The van der Waals surface area contributed by atoms with E-state index in [-0.39, 0.29) is 11.9 Å². The molecule has 1 saturated heterocycles. The van der Waals surface area contributed by atoms with E-state index in [1.807, 2.05) is 31.2 Å². The molecule has 2 N–H and O–H groups in total. The van der Waals surface area contributed by atoms with Crippen molar-refractivity contribution in [3.05, 3.63) is 34.9 Å². The fraction of sp³-hybridized carbons (Fsp3) is 0.562. The van der Waals surface area contributed by atoms with Crippen molar-refractivity contribution >= 4 is 17.5 Å². The number of hydrogen-bond acceptors (Lipinski definition) is 3. The summed E-state index contributed by atoms with van der Waals surface area (Å²) in [4.78, 5) is 11.9. The van der Waals surface area contributed by atoms with Crippen molar-refractivity contribution in [2.45, 2.75) is 38.3 Å². The van der Waals surface area contributed by atoms with Crippen molar-refractivity contribution in [1.29, 1.82) is 0 Å². The predicted octanol–water partition coefficient (Wildman–Crippen LogP) is 2.68. The zero-order valence-corrected chi connectivity index (χ0v) is 13.2. The Balaban J connectivity index is 1.69. The SMILES string of the molecule is C[C@@H](NC(=O)CCOC1CCNCC1)c1cccc(Cl)c1. The number of nitrogens with one attached hydrogen (secondary N) is 2. The van der Waals surface area contributed by atoms with E-state index >= 15 is 0 Å². The smallest absolute Gasteiger partial charge is 0.222 e. The van der Waals surface area contributed by atoms with Crippen LogP contribution in [-0.4, -0.2) is 31.7 Å². The zero-order chi connectivity index (χ0) is 15.1. The molecule has 21 heavy (non-hydrogen) atoms. The second kappa shape index (κ2) is 8.37. The standard InChI is InChI=1S/C16H23ClN2O2/c1-12(13-3-2-4-14(17)11-13)19-16(20)7-10-21-15-5-8-18-9-6-15/h2-4,11-12,15,18H,5-10H2,1H3,(H,19,20)/t12-/m1/s1. The van der Waals surface area contributed by atoms with Gasteiger partial charge < -0.3 is 15.4 Å². The second-order valence-electron chi connectivity index (χ2n) is 5.41. The lowest BCUT2D eigenvalue weighted by atomic mass is 10.1. The van der Waals surface area contributed by atoms with Gasteiger partial charge in [0.2, 0.25) is 5.91 Å². The average Bonchev–Trinajstić information content (AvgIpc) is 2.48. The van der Waals surface area contributed by atoms with Crippen molar-refractivity contribution in [2.75, 3.05) is 19.7 Å². The molecule has 1 aromatic rings. The Hall–Kier alpha value is -1.10. The molecule has 0 radical (unpaired) electrons. The Kier molecular flexibility index (Phi) is 6.49. The first-order valence-corrected chi connectivity index (χ1v) is 7.90. The highest BCUT2D eigenvalue weighted by molar-refractivity contribution is 6.30. The van der Waals surface area contributed by atoms with Gasteiger partial charge in [-0.25, -0.2) is 0 Å². The highest BCUT2D eigenvalue weighted by Gasteiger charge is 2.14. The Morgan fingerprint density at radius 1 is 1.48 bits per heavy atom. The van der Waals surface area contributed by atoms with Crippen LogP contribution in [-0.2, 0) is 9.53 Å². The maximum absolute atomic E-state index is 11.9. The number of rotatable bonds is 6. The van der Waals surface area contributed by atoms with Crippen LogP contribution in [0, 0.1) is 0 Å². The van der Waals surface area contributed by atoms with Gasteiger partial charge in [0.15, 0.2) is 0 Å². The number of halogens is 1. The molecule has 1 atom stereocenters. The molecular weight excluding hydrogens is 288 g/mol. The summed E-state index contributed by atoms with van der Waals surface area (Å²) in [5.41, 5.74) is 1.01. The average molecular weight is 311 g/mol. The molecule has 5 heteroatoms. The minimum absolute atomic E-state index is 0.0106. The topological polar surface area (TPSA) is 50.4 Å². The van der Waals surface area contributed by atoms with Crippen LogP contribution in [0.1, 0.15) is 37.8 Å². The Morgan fingerprint density at radius 2 is 2.24 bits per heavy atom. The van der Waals surface area contributed by atoms with Gasteiger partial charge in [-0.1, -0.05) is 23.7 Å². The maximum Gasteiger partial charge on any atom is 0.222 e. The predicted molar refractivity (Wildman–Crippen MR) is 84.5 cm³/mol. The van der Waals surface area contributed by atoms with E-state index in [1.54, 1.807) is 0 Å². The van der Waals surface area contributed by atoms with Crippen molar-refractivity contribution in [3.8, 4) is 0 Å². The summed E-state index contributed by atoms with van der Waals surface area (Å²) in [6.45, 7) is 4.45. The maximum atomic E-state index is 11.9. The highest BCUT2D eigenvalue weighted by Crippen LogP contribution is 2.17. The van der Waals surface area contributed by atoms with Crippen molar-refractivity contribution in [3.63, 3.8) is 0 Å². The van der Waals surface area contributed by atoms with E-state index in [9.17, 15) is 4.79 Å². The van der Waals surface area contributed by atoms with Crippen LogP contribution < -0.4 is 10.6 Å². The quantitative estimate of drug-likeness (QED) is 0.849. The minimum Gasteiger partial charge on any atom is -0.378 e. The number of carbonyl (C=O) groups excluding carboxylic acids is 1. The minimum atomic E-state index is -0.0462. The number of ether oxygens (including phenoxy) is 1. The summed E-state index contributed by atoms with van der Waals surface area (Å²) in [6.07, 6.45) is 2.75.